The number of fused-ring (bicyclic) bond motifs is 1. The van der Waals surface area contributed by atoms with Crippen molar-refractivity contribution in [3.8, 4) is 28.3 Å². The Hall–Kier alpha value is -3.82. The number of carboxylic acids is 1. The predicted molar refractivity (Wildman–Crippen MR) is 129 cm³/mol. The molecule has 1 fully saturated rings. The molecule has 0 bridgehead atoms. The molecule has 7 nitrogen and oxygen atoms in total. The molecular weight excluding hydrogens is 470 g/mol. The first-order chi connectivity index (χ1) is 17.4. The van der Waals surface area contributed by atoms with Gasteiger partial charge in [0.05, 0.1) is 13.2 Å². The molecule has 0 aliphatic carbocycles. The lowest BCUT2D eigenvalue weighted by atomic mass is 9.96. The number of ether oxygens (including phenoxy) is 2. The lowest BCUT2D eigenvalue weighted by Gasteiger charge is -2.33. The van der Waals surface area contributed by atoms with Gasteiger partial charge in [0.15, 0.2) is 5.58 Å². The number of oxazole rings is 1. The first kappa shape index (κ1) is 23.9. The maximum absolute atomic E-state index is 13.2. The fourth-order valence-corrected chi connectivity index (χ4v) is 4.51. The van der Waals surface area contributed by atoms with Crippen molar-refractivity contribution in [1.82, 2.24) is 9.88 Å². The molecule has 3 aromatic carbocycles. The number of benzene rings is 3. The summed E-state index contributed by atoms with van der Waals surface area (Å²) in [6.07, 6.45) is 0. The third-order valence-corrected chi connectivity index (χ3v) is 6.33. The lowest BCUT2D eigenvalue weighted by Crippen LogP contribution is -2.49. The molecular formula is C27H24F2N2O5. The highest BCUT2D eigenvalue weighted by Crippen LogP contribution is 2.35. The molecule has 4 aromatic rings. The van der Waals surface area contributed by atoms with Gasteiger partial charge in [-0.25, -0.2) is 4.98 Å². The van der Waals surface area contributed by atoms with E-state index in [1.807, 2.05) is 55.5 Å². The van der Waals surface area contributed by atoms with Gasteiger partial charge in [-0.1, -0.05) is 42.5 Å². The molecule has 1 atom stereocenters. The quantitative estimate of drug-likeness (QED) is 0.370. The summed E-state index contributed by atoms with van der Waals surface area (Å²) in [5.41, 5.74) is 5.00. The van der Waals surface area contributed by atoms with Crippen molar-refractivity contribution in [1.29, 1.82) is 0 Å². The molecule has 186 valence electrons. The summed E-state index contributed by atoms with van der Waals surface area (Å²) in [5, 5.41) is 9.53. The standard InChI is InChI=1S/C27H24F2N2O5/c1-16-19(17-6-3-2-4-7-17)8-5-9-20(16)25-30-21-12-18(23(36-27(28)29)13-24(21)35-25)14-31-10-11-34-15-22(31)26(32)33/h2-9,12-13,22,27H,10-11,14-15H2,1H3,(H,32,33)/t22-/m0/s1. The van der Waals surface area contributed by atoms with E-state index in [9.17, 15) is 18.7 Å². The minimum atomic E-state index is -3.05. The van der Waals surface area contributed by atoms with Gasteiger partial charge in [-0.2, -0.15) is 8.78 Å². The summed E-state index contributed by atoms with van der Waals surface area (Å²) in [6.45, 7) is -0.265. The van der Waals surface area contributed by atoms with Crippen LogP contribution in [0.4, 0.5) is 8.78 Å². The Balaban J connectivity index is 1.54. The summed E-state index contributed by atoms with van der Waals surface area (Å²) >= 11 is 0. The van der Waals surface area contributed by atoms with E-state index in [1.54, 1.807) is 11.0 Å². The Kier molecular flexibility index (Phi) is 6.67. The lowest BCUT2D eigenvalue weighted by molar-refractivity contribution is -0.150. The van der Waals surface area contributed by atoms with E-state index in [0.29, 0.717) is 35.7 Å². The molecule has 2 heterocycles. The van der Waals surface area contributed by atoms with Crippen molar-refractivity contribution in [3.05, 3.63) is 71.8 Å². The maximum Gasteiger partial charge on any atom is 0.387 e. The van der Waals surface area contributed by atoms with Crippen LogP contribution in [0.1, 0.15) is 11.1 Å². The predicted octanol–water partition coefficient (Wildman–Crippen LogP) is 5.36. The van der Waals surface area contributed by atoms with Gasteiger partial charge in [0.25, 0.3) is 0 Å². The zero-order valence-corrected chi connectivity index (χ0v) is 19.5. The van der Waals surface area contributed by atoms with Crippen molar-refractivity contribution in [2.75, 3.05) is 19.8 Å². The second-order valence-corrected chi connectivity index (χ2v) is 8.57. The number of hydrogen-bond acceptors (Lipinski definition) is 6. The van der Waals surface area contributed by atoms with Crippen LogP contribution in [0.2, 0.25) is 0 Å². The molecule has 0 unspecified atom stereocenters. The van der Waals surface area contributed by atoms with E-state index < -0.39 is 18.6 Å². The van der Waals surface area contributed by atoms with E-state index in [2.05, 4.69) is 4.98 Å². The van der Waals surface area contributed by atoms with E-state index in [0.717, 1.165) is 22.3 Å². The summed E-state index contributed by atoms with van der Waals surface area (Å²) in [6, 6.07) is 17.9. The largest absolute Gasteiger partial charge is 0.480 e. The molecule has 0 spiro atoms. The summed E-state index contributed by atoms with van der Waals surface area (Å²) in [5.74, 6) is -0.759. The van der Waals surface area contributed by atoms with Gasteiger partial charge in [-0.3, -0.25) is 9.69 Å². The molecule has 36 heavy (non-hydrogen) atoms. The Bertz CT molecular complexity index is 1390. The van der Waals surface area contributed by atoms with Gasteiger partial charge in [-0.15, -0.1) is 0 Å². The Morgan fingerprint density at radius 2 is 1.94 bits per heavy atom. The van der Waals surface area contributed by atoms with Crippen LogP contribution in [0.15, 0.2) is 65.1 Å². The SMILES string of the molecule is Cc1c(-c2ccccc2)cccc1-c1nc2cc(CN3CCOC[C@H]3C(=O)O)c(OC(F)F)cc2o1. The third-order valence-electron chi connectivity index (χ3n) is 6.33. The number of morpholine rings is 1. The molecule has 1 saturated heterocycles. The number of aliphatic carboxylic acids is 1. The molecule has 1 N–H and O–H groups in total. The van der Waals surface area contributed by atoms with E-state index in [4.69, 9.17) is 13.9 Å². The summed E-state index contributed by atoms with van der Waals surface area (Å²) in [4.78, 5) is 18.0. The maximum atomic E-state index is 13.2. The minimum absolute atomic E-state index is 0.0216. The highest BCUT2D eigenvalue weighted by atomic mass is 19.3. The van der Waals surface area contributed by atoms with Gasteiger partial charge in [0.2, 0.25) is 5.89 Å². The number of alkyl halides is 2. The molecule has 1 aromatic heterocycles. The third kappa shape index (κ3) is 4.80. The van der Waals surface area contributed by atoms with E-state index in [-0.39, 0.29) is 18.9 Å². The fourth-order valence-electron chi connectivity index (χ4n) is 4.51. The fraction of sp³-hybridized carbons (Fsp3) is 0.259. The van der Waals surface area contributed by atoms with Crippen LogP contribution in [0, 0.1) is 6.92 Å². The Morgan fingerprint density at radius 1 is 1.17 bits per heavy atom. The minimum Gasteiger partial charge on any atom is -0.480 e. The molecule has 9 heteroatoms. The van der Waals surface area contributed by atoms with Crippen molar-refractivity contribution in [2.45, 2.75) is 26.1 Å². The zero-order chi connectivity index (χ0) is 25.2. The average molecular weight is 494 g/mol. The number of aromatic nitrogens is 1. The molecule has 0 saturated carbocycles. The highest BCUT2D eigenvalue weighted by Gasteiger charge is 2.30. The average Bonchev–Trinajstić information content (AvgIpc) is 3.27. The van der Waals surface area contributed by atoms with Crippen molar-refractivity contribution >= 4 is 17.1 Å². The molecule has 0 radical (unpaired) electrons. The van der Waals surface area contributed by atoms with Crippen molar-refractivity contribution < 1.29 is 32.6 Å². The number of halogens is 2. The normalized spacial score (nSPS) is 16.5. The smallest absolute Gasteiger partial charge is 0.387 e. The van der Waals surface area contributed by atoms with Crippen LogP contribution in [0.3, 0.4) is 0 Å². The number of carbonyl (C=O) groups is 1. The van der Waals surface area contributed by atoms with Crippen LogP contribution in [-0.4, -0.2) is 53.4 Å². The topological polar surface area (TPSA) is 85.0 Å². The molecule has 1 aliphatic rings. The van der Waals surface area contributed by atoms with Crippen LogP contribution in [0.25, 0.3) is 33.7 Å². The van der Waals surface area contributed by atoms with Gasteiger partial charge >= 0.3 is 12.6 Å². The molecule has 5 rings (SSSR count). The van der Waals surface area contributed by atoms with Crippen LogP contribution in [0.5, 0.6) is 5.75 Å². The zero-order valence-electron chi connectivity index (χ0n) is 19.5. The van der Waals surface area contributed by atoms with Crippen LogP contribution < -0.4 is 4.74 Å². The van der Waals surface area contributed by atoms with Gasteiger partial charge in [0.1, 0.15) is 17.3 Å². The number of carboxylic acid groups (broad SMARTS) is 1. The van der Waals surface area contributed by atoms with Crippen LogP contribution >= 0.6 is 0 Å². The number of nitrogens with zero attached hydrogens (tertiary/aromatic N) is 2. The van der Waals surface area contributed by atoms with E-state index in [1.165, 1.54) is 6.07 Å². The summed E-state index contributed by atoms with van der Waals surface area (Å²) in [7, 11) is 0. The number of rotatable bonds is 7. The van der Waals surface area contributed by atoms with Gasteiger partial charge in [0, 0.05) is 30.3 Å². The van der Waals surface area contributed by atoms with E-state index >= 15 is 0 Å². The summed E-state index contributed by atoms with van der Waals surface area (Å²) < 4.78 is 42.5. The second-order valence-electron chi connectivity index (χ2n) is 8.57. The highest BCUT2D eigenvalue weighted by molar-refractivity contribution is 5.82. The molecule has 0 amide bonds. The monoisotopic (exact) mass is 494 g/mol. The Morgan fingerprint density at radius 3 is 2.69 bits per heavy atom. The van der Waals surface area contributed by atoms with Crippen molar-refractivity contribution in [3.63, 3.8) is 0 Å². The van der Waals surface area contributed by atoms with Gasteiger partial charge in [-0.05, 0) is 35.7 Å². The first-order valence-electron chi connectivity index (χ1n) is 11.5. The second kappa shape index (κ2) is 10.0. The molecule has 1 aliphatic heterocycles. The first-order valence-corrected chi connectivity index (χ1v) is 11.5. The Labute approximate surface area is 205 Å². The number of hydrogen-bond donors (Lipinski definition) is 1. The van der Waals surface area contributed by atoms with Crippen LogP contribution in [-0.2, 0) is 16.1 Å². The van der Waals surface area contributed by atoms with Crippen molar-refractivity contribution in [2.24, 2.45) is 0 Å². The van der Waals surface area contributed by atoms with Gasteiger partial charge < -0.3 is 19.0 Å².